The van der Waals surface area contributed by atoms with Crippen molar-refractivity contribution >= 4 is 5.91 Å². The normalized spacial score (nSPS) is 28.2. The largest absolute Gasteiger partial charge is 0.396 e. The number of carbonyl (C=O) groups excluding carboxylic acids is 1. The van der Waals surface area contributed by atoms with Gasteiger partial charge in [-0.1, -0.05) is 13.8 Å². The van der Waals surface area contributed by atoms with Gasteiger partial charge in [-0.05, 0) is 25.3 Å². The SMILES string of the molecule is CCCN1CC(C)CN(C)C(=O)C1CCO. The summed E-state index contributed by atoms with van der Waals surface area (Å²) in [5.41, 5.74) is 0. The Morgan fingerprint density at radius 2 is 2.12 bits per heavy atom. The lowest BCUT2D eigenvalue weighted by molar-refractivity contribution is -0.134. The predicted molar refractivity (Wildman–Crippen MR) is 64.2 cm³/mol. The molecule has 1 saturated heterocycles. The van der Waals surface area contributed by atoms with Crippen LogP contribution in [0.1, 0.15) is 26.7 Å². The molecule has 1 heterocycles. The van der Waals surface area contributed by atoms with Crippen LogP contribution in [0.5, 0.6) is 0 Å². The molecule has 1 aliphatic rings. The summed E-state index contributed by atoms with van der Waals surface area (Å²) in [6, 6.07) is -0.125. The van der Waals surface area contributed by atoms with E-state index in [-0.39, 0.29) is 18.6 Å². The smallest absolute Gasteiger partial charge is 0.239 e. The molecular formula is C12H24N2O2. The van der Waals surface area contributed by atoms with Gasteiger partial charge in [0.1, 0.15) is 0 Å². The second-order valence-electron chi connectivity index (χ2n) is 4.85. The van der Waals surface area contributed by atoms with Crippen molar-refractivity contribution < 1.29 is 9.90 Å². The van der Waals surface area contributed by atoms with Gasteiger partial charge in [-0.3, -0.25) is 9.69 Å². The monoisotopic (exact) mass is 228 g/mol. The van der Waals surface area contributed by atoms with E-state index in [0.29, 0.717) is 12.3 Å². The van der Waals surface area contributed by atoms with E-state index in [1.807, 2.05) is 7.05 Å². The highest BCUT2D eigenvalue weighted by molar-refractivity contribution is 5.81. The zero-order valence-corrected chi connectivity index (χ0v) is 10.6. The minimum Gasteiger partial charge on any atom is -0.396 e. The van der Waals surface area contributed by atoms with Gasteiger partial charge >= 0.3 is 0 Å². The number of hydrogen-bond donors (Lipinski definition) is 1. The molecule has 1 rings (SSSR count). The fourth-order valence-corrected chi connectivity index (χ4v) is 2.52. The van der Waals surface area contributed by atoms with Gasteiger partial charge < -0.3 is 10.0 Å². The summed E-state index contributed by atoms with van der Waals surface area (Å²) >= 11 is 0. The molecule has 16 heavy (non-hydrogen) atoms. The summed E-state index contributed by atoms with van der Waals surface area (Å²) in [6.45, 7) is 7.09. The minimum absolute atomic E-state index is 0.0822. The van der Waals surface area contributed by atoms with E-state index in [1.165, 1.54) is 0 Å². The number of rotatable bonds is 4. The Kier molecular flexibility index (Phi) is 5.22. The first-order valence-corrected chi connectivity index (χ1v) is 6.20. The number of likely N-dealkylation sites (N-methyl/N-ethyl adjacent to an activating group) is 1. The lowest BCUT2D eigenvalue weighted by Gasteiger charge is -2.29. The number of carbonyl (C=O) groups is 1. The predicted octanol–water partition coefficient (Wildman–Crippen LogP) is 0.557. The Balaban J connectivity index is 2.80. The van der Waals surface area contributed by atoms with Gasteiger partial charge in [0.25, 0.3) is 0 Å². The molecule has 0 spiro atoms. The average molecular weight is 228 g/mol. The second-order valence-corrected chi connectivity index (χ2v) is 4.85. The highest BCUT2D eigenvalue weighted by Gasteiger charge is 2.32. The van der Waals surface area contributed by atoms with Crippen molar-refractivity contribution in [3.05, 3.63) is 0 Å². The van der Waals surface area contributed by atoms with Crippen LogP contribution >= 0.6 is 0 Å². The Hall–Kier alpha value is -0.610. The highest BCUT2D eigenvalue weighted by atomic mass is 16.3. The molecule has 0 aromatic heterocycles. The molecule has 2 unspecified atom stereocenters. The van der Waals surface area contributed by atoms with Gasteiger partial charge in [-0.25, -0.2) is 0 Å². The maximum atomic E-state index is 12.1. The molecule has 0 aliphatic carbocycles. The van der Waals surface area contributed by atoms with Gasteiger partial charge in [0.15, 0.2) is 0 Å². The highest BCUT2D eigenvalue weighted by Crippen LogP contribution is 2.16. The molecule has 94 valence electrons. The third-order valence-electron chi connectivity index (χ3n) is 3.15. The lowest BCUT2D eigenvalue weighted by Crippen LogP contribution is -2.45. The molecule has 1 amide bonds. The van der Waals surface area contributed by atoms with Crippen molar-refractivity contribution in [3.63, 3.8) is 0 Å². The standard InChI is InChI=1S/C12H24N2O2/c1-4-6-14-9-10(2)8-13(3)12(16)11(14)5-7-15/h10-11,15H,4-9H2,1-3H3. The summed E-state index contributed by atoms with van der Waals surface area (Å²) < 4.78 is 0. The van der Waals surface area contributed by atoms with Crippen LogP contribution in [0.15, 0.2) is 0 Å². The molecule has 1 aliphatic heterocycles. The molecule has 2 atom stereocenters. The average Bonchev–Trinajstić information content (AvgIpc) is 2.32. The van der Waals surface area contributed by atoms with Crippen molar-refractivity contribution in [3.8, 4) is 0 Å². The first kappa shape index (κ1) is 13.5. The Labute approximate surface area is 98.2 Å². The molecular weight excluding hydrogens is 204 g/mol. The minimum atomic E-state index is -0.125. The van der Waals surface area contributed by atoms with Crippen molar-refractivity contribution in [2.75, 3.05) is 33.3 Å². The van der Waals surface area contributed by atoms with Crippen molar-refractivity contribution in [1.82, 2.24) is 9.80 Å². The van der Waals surface area contributed by atoms with E-state index in [1.54, 1.807) is 4.90 Å². The van der Waals surface area contributed by atoms with E-state index in [4.69, 9.17) is 5.11 Å². The van der Waals surface area contributed by atoms with Crippen LogP contribution in [-0.2, 0) is 4.79 Å². The van der Waals surface area contributed by atoms with Crippen LogP contribution < -0.4 is 0 Å². The van der Waals surface area contributed by atoms with Crippen molar-refractivity contribution in [2.45, 2.75) is 32.7 Å². The zero-order chi connectivity index (χ0) is 12.1. The molecule has 0 aromatic carbocycles. The number of aliphatic hydroxyl groups is 1. The summed E-state index contributed by atoms with van der Waals surface area (Å²) in [5.74, 6) is 0.663. The van der Waals surface area contributed by atoms with E-state index >= 15 is 0 Å². The van der Waals surface area contributed by atoms with Crippen LogP contribution in [0.3, 0.4) is 0 Å². The Bertz CT molecular complexity index is 233. The summed E-state index contributed by atoms with van der Waals surface area (Å²) in [5, 5.41) is 9.07. The lowest BCUT2D eigenvalue weighted by atomic mass is 10.1. The number of hydrogen-bond acceptors (Lipinski definition) is 3. The van der Waals surface area contributed by atoms with Crippen molar-refractivity contribution in [1.29, 1.82) is 0 Å². The van der Waals surface area contributed by atoms with Crippen LogP contribution in [0.2, 0.25) is 0 Å². The first-order valence-electron chi connectivity index (χ1n) is 6.20. The number of amides is 1. The van der Waals surface area contributed by atoms with Crippen LogP contribution in [0, 0.1) is 5.92 Å². The molecule has 0 aromatic rings. The van der Waals surface area contributed by atoms with Gasteiger partial charge in [0.05, 0.1) is 6.04 Å². The van der Waals surface area contributed by atoms with E-state index in [2.05, 4.69) is 18.7 Å². The first-order chi connectivity index (χ1) is 7.60. The quantitative estimate of drug-likeness (QED) is 0.764. The van der Waals surface area contributed by atoms with Crippen molar-refractivity contribution in [2.24, 2.45) is 5.92 Å². The molecule has 4 nitrogen and oxygen atoms in total. The summed E-state index contributed by atoms with van der Waals surface area (Å²) in [4.78, 5) is 16.2. The fourth-order valence-electron chi connectivity index (χ4n) is 2.52. The van der Waals surface area contributed by atoms with E-state index in [0.717, 1.165) is 26.1 Å². The molecule has 1 fully saturated rings. The summed E-state index contributed by atoms with van der Waals surface area (Å²) in [7, 11) is 1.86. The number of nitrogens with zero attached hydrogens (tertiary/aromatic N) is 2. The molecule has 1 N–H and O–H groups in total. The van der Waals surface area contributed by atoms with Gasteiger partial charge in [0.2, 0.25) is 5.91 Å². The summed E-state index contributed by atoms with van der Waals surface area (Å²) in [6.07, 6.45) is 1.60. The van der Waals surface area contributed by atoms with Gasteiger partial charge in [-0.15, -0.1) is 0 Å². The number of aliphatic hydroxyl groups excluding tert-OH is 1. The Morgan fingerprint density at radius 1 is 1.44 bits per heavy atom. The van der Waals surface area contributed by atoms with E-state index < -0.39 is 0 Å². The Morgan fingerprint density at radius 3 is 2.69 bits per heavy atom. The molecule has 0 saturated carbocycles. The third-order valence-corrected chi connectivity index (χ3v) is 3.15. The van der Waals surface area contributed by atoms with Gasteiger partial charge in [-0.2, -0.15) is 0 Å². The molecule has 4 heteroatoms. The molecule has 0 radical (unpaired) electrons. The van der Waals surface area contributed by atoms with Gasteiger partial charge in [0, 0.05) is 26.7 Å². The second kappa shape index (κ2) is 6.21. The third kappa shape index (κ3) is 3.19. The topological polar surface area (TPSA) is 43.8 Å². The molecule has 0 bridgehead atoms. The zero-order valence-electron chi connectivity index (χ0n) is 10.6. The maximum absolute atomic E-state index is 12.1. The van der Waals surface area contributed by atoms with Crippen LogP contribution in [-0.4, -0.2) is 60.1 Å². The van der Waals surface area contributed by atoms with Crippen LogP contribution in [0.25, 0.3) is 0 Å². The maximum Gasteiger partial charge on any atom is 0.239 e. The van der Waals surface area contributed by atoms with Crippen LogP contribution in [0.4, 0.5) is 0 Å². The van der Waals surface area contributed by atoms with E-state index in [9.17, 15) is 4.79 Å². The fraction of sp³-hybridized carbons (Fsp3) is 0.917.